The number of rotatable bonds is 3. The smallest absolute Gasteiger partial charge is 0.317 e. The van der Waals surface area contributed by atoms with Gasteiger partial charge in [0.05, 0.1) is 6.54 Å². The van der Waals surface area contributed by atoms with E-state index in [9.17, 15) is 4.79 Å². The average Bonchev–Trinajstić information content (AvgIpc) is 2.77. The van der Waals surface area contributed by atoms with Crippen molar-refractivity contribution in [1.82, 2.24) is 14.7 Å². The van der Waals surface area contributed by atoms with Crippen LogP contribution in [0.3, 0.4) is 0 Å². The van der Waals surface area contributed by atoms with Gasteiger partial charge >= 0.3 is 5.97 Å². The van der Waals surface area contributed by atoms with Crippen LogP contribution in [0.15, 0.2) is 0 Å². The summed E-state index contributed by atoms with van der Waals surface area (Å²) in [5, 5.41) is 8.91. The van der Waals surface area contributed by atoms with Gasteiger partial charge < -0.3 is 10.0 Å². The Hall–Kier alpha value is -0.650. The molecule has 0 aliphatic carbocycles. The van der Waals surface area contributed by atoms with Crippen LogP contribution in [0.1, 0.15) is 32.1 Å². The lowest BCUT2D eigenvalue weighted by molar-refractivity contribution is -0.138. The maximum absolute atomic E-state index is 10.8. The molecule has 3 aliphatic heterocycles. The van der Waals surface area contributed by atoms with Gasteiger partial charge in [0.15, 0.2) is 0 Å². The molecule has 0 aromatic rings. The molecule has 3 heterocycles. The minimum atomic E-state index is -0.697. The van der Waals surface area contributed by atoms with E-state index >= 15 is 0 Å². The van der Waals surface area contributed by atoms with E-state index in [0.717, 1.165) is 44.7 Å². The first-order valence-electron chi connectivity index (χ1n) is 8.14. The Morgan fingerprint density at radius 3 is 2.50 bits per heavy atom. The Morgan fingerprint density at radius 2 is 1.65 bits per heavy atom. The zero-order valence-electron chi connectivity index (χ0n) is 12.3. The zero-order valence-corrected chi connectivity index (χ0v) is 12.3. The summed E-state index contributed by atoms with van der Waals surface area (Å²) in [4.78, 5) is 18.2. The van der Waals surface area contributed by atoms with Gasteiger partial charge in [-0.25, -0.2) is 0 Å². The van der Waals surface area contributed by atoms with Gasteiger partial charge in [0.2, 0.25) is 0 Å². The zero-order chi connectivity index (χ0) is 13.9. The van der Waals surface area contributed by atoms with Crippen molar-refractivity contribution in [1.29, 1.82) is 0 Å². The highest BCUT2D eigenvalue weighted by atomic mass is 16.4. The number of hydrogen-bond acceptors (Lipinski definition) is 4. The third-order valence-electron chi connectivity index (χ3n) is 5.29. The molecular formula is C15H27N3O2. The summed E-state index contributed by atoms with van der Waals surface area (Å²) >= 11 is 0. The number of hydrogen-bond donors (Lipinski definition) is 1. The molecule has 0 saturated carbocycles. The average molecular weight is 281 g/mol. The fourth-order valence-electron chi connectivity index (χ4n) is 4.24. The molecule has 3 rings (SSSR count). The molecule has 5 nitrogen and oxygen atoms in total. The molecule has 2 atom stereocenters. The van der Waals surface area contributed by atoms with Crippen LogP contribution in [-0.2, 0) is 4.79 Å². The van der Waals surface area contributed by atoms with Gasteiger partial charge in [0.25, 0.3) is 0 Å². The van der Waals surface area contributed by atoms with E-state index in [-0.39, 0.29) is 6.54 Å². The summed E-state index contributed by atoms with van der Waals surface area (Å²) in [6, 6.07) is 1.56. The third-order valence-corrected chi connectivity index (χ3v) is 5.29. The Kier molecular flexibility index (Phi) is 4.58. The lowest BCUT2D eigenvalue weighted by Gasteiger charge is -2.40. The molecule has 114 valence electrons. The van der Waals surface area contributed by atoms with E-state index in [2.05, 4.69) is 14.7 Å². The molecule has 3 saturated heterocycles. The number of nitrogens with zero attached hydrogens (tertiary/aromatic N) is 3. The maximum Gasteiger partial charge on any atom is 0.317 e. The highest BCUT2D eigenvalue weighted by Crippen LogP contribution is 2.29. The number of aliphatic carboxylic acids is 1. The van der Waals surface area contributed by atoms with E-state index in [0.29, 0.717) is 0 Å². The Labute approximate surface area is 121 Å². The molecule has 5 heteroatoms. The van der Waals surface area contributed by atoms with Crippen LogP contribution in [0.25, 0.3) is 0 Å². The van der Waals surface area contributed by atoms with Crippen LogP contribution in [0.4, 0.5) is 0 Å². The van der Waals surface area contributed by atoms with Crippen molar-refractivity contribution < 1.29 is 9.90 Å². The monoisotopic (exact) mass is 281 g/mol. The molecular weight excluding hydrogens is 254 g/mol. The maximum atomic E-state index is 10.8. The number of carboxylic acids is 1. The minimum absolute atomic E-state index is 0.203. The van der Waals surface area contributed by atoms with E-state index in [1.807, 2.05) is 0 Å². The molecule has 0 radical (unpaired) electrons. The molecule has 3 fully saturated rings. The lowest BCUT2D eigenvalue weighted by atomic mass is 9.96. The van der Waals surface area contributed by atoms with Gasteiger partial charge in [0.1, 0.15) is 0 Å². The van der Waals surface area contributed by atoms with Crippen molar-refractivity contribution in [3.63, 3.8) is 0 Å². The lowest BCUT2D eigenvalue weighted by Crippen LogP contribution is -2.48. The first kappa shape index (κ1) is 14.3. The summed E-state index contributed by atoms with van der Waals surface area (Å²) in [5.41, 5.74) is 0. The van der Waals surface area contributed by atoms with E-state index < -0.39 is 5.97 Å². The van der Waals surface area contributed by atoms with Crippen molar-refractivity contribution in [2.45, 2.75) is 44.2 Å². The predicted molar refractivity (Wildman–Crippen MR) is 77.9 cm³/mol. The molecule has 1 N–H and O–H groups in total. The van der Waals surface area contributed by atoms with E-state index in [1.54, 1.807) is 0 Å². The van der Waals surface area contributed by atoms with Crippen molar-refractivity contribution in [3.8, 4) is 0 Å². The number of piperidine rings is 1. The van der Waals surface area contributed by atoms with Crippen LogP contribution in [-0.4, -0.2) is 83.7 Å². The third kappa shape index (κ3) is 3.32. The number of carboxylic acid groups (broad SMARTS) is 1. The first-order valence-corrected chi connectivity index (χ1v) is 8.14. The number of fused-ring (bicyclic) bond motifs is 1. The summed E-state index contributed by atoms with van der Waals surface area (Å²) in [6.45, 7) is 6.82. The topological polar surface area (TPSA) is 47.0 Å². The van der Waals surface area contributed by atoms with Crippen molar-refractivity contribution in [2.75, 3.05) is 45.8 Å². The standard InChI is InChI=1S/C15H27N3O2/c19-15(20)12-16-5-2-7-18(10-9-16)14-4-8-17-6-1-3-13(17)11-14/h13-14H,1-12H2,(H,19,20). The molecule has 0 amide bonds. The van der Waals surface area contributed by atoms with Crippen LogP contribution >= 0.6 is 0 Å². The summed E-state index contributed by atoms with van der Waals surface area (Å²) < 4.78 is 0. The largest absolute Gasteiger partial charge is 0.480 e. The Balaban J connectivity index is 1.51. The second kappa shape index (κ2) is 6.41. The van der Waals surface area contributed by atoms with Crippen LogP contribution in [0, 0.1) is 0 Å². The molecule has 0 aromatic carbocycles. The van der Waals surface area contributed by atoms with Gasteiger partial charge in [-0.1, -0.05) is 0 Å². The van der Waals surface area contributed by atoms with E-state index in [1.165, 1.54) is 38.8 Å². The molecule has 20 heavy (non-hydrogen) atoms. The van der Waals surface area contributed by atoms with E-state index in [4.69, 9.17) is 5.11 Å². The van der Waals surface area contributed by atoms with Crippen molar-refractivity contribution >= 4 is 5.97 Å². The minimum Gasteiger partial charge on any atom is -0.480 e. The summed E-state index contributed by atoms with van der Waals surface area (Å²) in [6.07, 6.45) is 6.51. The highest BCUT2D eigenvalue weighted by molar-refractivity contribution is 5.69. The Morgan fingerprint density at radius 1 is 0.900 bits per heavy atom. The first-order chi connectivity index (χ1) is 9.72. The normalized spacial score (nSPS) is 33.8. The number of carbonyl (C=O) groups is 1. The molecule has 2 unspecified atom stereocenters. The van der Waals surface area contributed by atoms with Gasteiger partial charge in [0, 0.05) is 31.7 Å². The van der Waals surface area contributed by atoms with Crippen LogP contribution < -0.4 is 0 Å². The molecule has 0 aromatic heterocycles. The molecule has 0 spiro atoms. The molecule has 3 aliphatic rings. The van der Waals surface area contributed by atoms with Crippen LogP contribution in [0.2, 0.25) is 0 Å². The van der Waals surface area contributed by atoms with Gasteiger partial charge in [-0.15, -0.1) is 0 Å². The Bertz CT molecular complexity index is 350. The molecule has 0 bridgehead atoms. The SMILES string of the molecule is O=C(O)CN1CCCN(C2CCN3CCCC3C2)CC1. The second-order valence-electron chi connectivity index (χ2n) is 6.57. The van der Waals surface area contributed by atoms with Crippen molar-refractivity contribution in [3.05, 3.63) is 0 Å². The summed E-state index contributed by atoms with van der Waals surface area (Å²) in [7, 11) is 0. The van der Waals surface area contributed by atoms with Crippen molar-refractivity contribution in [2.24, 2.45) is 0 Å². The summed E-state index contributed by atoms with van der Waals surface area (Å²) in [5.74, 6) is -0.697. The quantitative estimate of drug-likeness (QED) is 0.825. The van der Waals surface area contributed by atoms with Gasteiger partial charge in [-0.2, -0.15) is 0 Å². The van der Waals surface area contributed by atoms with Crippen LogP contribution in [0.5, 0.6) is 0 Å². The predicted octanol–water partition coefficient (Wildman–Crippen LogP) is 0.706. The second-order valence-corrected chi connectivity index (χ2v) is 6.57. The fourth-order valence-corrected chi connectivity index (χ4v) is 4.24. The van der Waals surface area contributed by atoms with Gasteiger partial charge in [-0.3, -0.25) is 14.6 Å². The highest BCUT2D eigenvalue weighted by Gasteiger charge is 2.34. The fraction of sp³-hybridized carbons (Fsp3) is 0.933. The van der Waals surface area contributed by atoms with Gasteiger partial charge in [-0.05, 0) is 51.7 Å².